The Balaban J connectivity index is 1.22. The van der Waals surface area contributed by atoms with E-state index in [1.807, 2.05) is 46.2 Å². The van der Waals surface area contributed by atoms with E-state index in [0.29, 0.717) is 64.3 Å². The molecule has 0 unspecified atom stereocenters. The summed E-state index contributed by atoms with van der Waals surface area (Å²) in [6.45, 7) is 4.14. The van der Waals surface area contributed by atoms with Crippen molar-refractivity contribution in [2.24, 2.45) is 5.92 Å². The van der Waals surface area contributed by atoms with Crippen LogP contribution in [0.3, 0.4) is 0 Å². The van der Waals surface area contributed by atoms with E-state index in [1.54, 1.807) is 12.1 Å². The first kappa shape index (κ1) is 22.7. The molecule has 2 amide bonds. The number of benzene rings is 2. The normalized spacial score (nSPS) is 17.6. The molecule has 9 nitrogen and oxygen atoms in total. The van der Waals surface area contributed by atoms with Crippen molar-refractivity contribution in [3.8, 4) is 0 Å². The summed E-state index contributed by atoms with van der Waals surface area (Å²) in [5.41, 5.74) is 1.53. The van der Waals surface area contributed by atoms with Crippen LogP contribution in [0.15, 0.2) is 54.6 Å². The summed E-state index contributed by atoms with van der Waals surface area (Å²) in [5, 5.41) is 14.3. The SMILES string of the molecule is O=C(Nc1ccccc1)C1CCN(C(=O)CN2CCN(c3ccccc3[N+](=O)[O-])CC2)CC1. The number of nitro benzene ring substituents is 1. The zero-order chi connectivity index (χ0) is 23.2. The van der Waals surface area contributed by atoms with Gasteiger partial charge in [0.15, 0.2) is 0 Å². The first-order valence-corrected chi connectivity index (χ1v) is 11.4. The molecule has 0 saturated carbocycles. The summed E-state index contributed by atoms with van der Waals surface area (Å²) < 4.78 is 0. The Morgan fingerprint density at radius 2 is 1.55 bits per heavy atom. The predicted molar refractivity (Wildman–Crippen MR) is 126 cm³/mol. The Morgan fingerprint density at radius 3 is 2.21 bits per heavy atom. The van der Waals surface area contributed by atoms with Gasteiger partial charge in [-0.25, -0.2) is 0 Å². The summed E-state index contributed by atoms with van der Waals surface area (Å²) in [4.78, 5) is 42.2. The van der Waals surface area contributed by atoms with Gasteiger partial charge >= 0.3 is 0 Å². The van der Waals surface area contributed by atoms with E-state index in [4.69, 9.17) is 0 Å². The number of para-hydroxylation sites is 3. The van der Waals surface area contributed by atoms with Crippen LogP contribution in [0.5, 0.6) is 0 Å². The Morgan fingerprint density at radius 1 is 0.909 bits per heavy atom. The number of carbonyl (C=O) groups excluding carboxylic acids is 2. The zero-order valence-corrected chi connectivity index (χ0v) is 18.6. The number of piperidine rings is 1. The van der Waals surface area contributed by atoms with Crippen molar-refractivity contribution < 1.29 is 14.5 Å². The molecule has 2 saturated heterocycles. The molecule has 1 N–H and O–H groups in total. The maximum Gasteiger partial charge on any atom is 0.292 e. The summed E-state index contributed by atoms with van der Waals surface area (Å²) in [6, 6.07) is 16.2. The minimum Gasteiger partial charge on any atom is -0.363 e. The van der Waals surface area contributed by atoms with E-state index in [1.165, 1.54) is 6.07 Å². The average molecular weight is 452 g/mol. The quantitative estimate of drug-likeness (QED) is 0.535. The molecule has 2 heterocycles. The molecule has 2 aliphatic heterocycles. The molecule has 2 aliphatic rings. The molecule has 0 atom stereocenters. The van der Waals surface area contributed by atoms with Crippen molar-refractivity contribution in [3.05, 3.63) is 64.7 Å². The fraction of sp³-hybridized carbons (Fsp3) is 0.417. The third-order valence-electron chi connectivity index (χ3n) is 6.41. The minimum absolute atomic E-state index is 0.0134. The van der Waals surface area contributed by atoms with Crippen molar-refractivity contribution in [3.63, 3.8) is 0 Å². The topological polar surface area (TPSA) is 99.0 Å². The van der Waals surface area contributed by atoms with Gasteiger partial charge in [-0.15, -0.1) is 0 Å². The number of piperazine rings is 1. The van der Waals surface area contributed by atoms with Crippen molar-refractivity contribution in [1.29, 1.82) is 0 Å². The van der Waals surface area contributed by atoms with Crippen molar-refractivity contribution in [1.82, 2.24) is 9.80 Å². The fourth-order valence-electron chi connectivity index (χ4n) is 4.48. The largest absolute Gasteiger partial charge is 0.363 e. The van der Waals surface area contributed by atoms with Gasteiger partial charge in [-0.1, -0.05) is 30.3 Å². The van der Waals surface area contributed by atoms with Crippen LogP contribution in [-0.4, -0.2) is 72.4 Å². The summed E-state index contributed by atoms with van der Waals surface area (Å²) >= 11 is 0. The van der Waals surface area contributed by atoms with Crippen LogP contribution in [-0.2, 0) is 9.59 Å². The van der Waals surface area contributed by atoms with Gasteiger partial charge in [-0.3, -0.25) is 24.6 Å². The zero-order valence-electron chi connectivity index (χ0n) is 18.6. The lowest BCUT2D eigenvalue weighted by atomic mass is 9.95. The molecule has 0 radical (unpaired) electrons. The molecule has 0 spiro atoms. The van der Waals surface area contributed by atoms with Gasteiger partial charge in [0, 0.05) is 56.9 Å². The number of hydrogen-bond acceptors (Lipinski definition) is 6. The number of carbonyl (C=O) groups is 2. The number of nitrogens with one attached hydrogen (secondary N) is 1. The number of likely N-dealkylation sites (tertiary alicyclic amines) is 1. The molecule has 4 rings (SSSR count). The van der Waals surface area contributed by atoms with Crippen LogP contribution in [0.4, 0.5) is 17.1 Å². The molecule has 2 aromatic rings. The fourth-order valence-corrected chi connectivity index (χ4v) is 4.48. The number of nitrogens with zero attached hydrogens (tertiary/aromatic N) is 4. The van der Waals surface area contributed by atoms with E-state index in [2.05, 4.69) is 10.2 Å². The standard InChI is InChI=1S/C24H29N5O4/c30-23(28-12-10-19(11-13-28)24(31)25-20-6-2-1-3-7-20)18-26-14-16-27(17-15-26)21-8-4-5-9-22(21)29(32)33/h1-9,19H,10-18H2,(H,25,31). The van der Waals surface area contributed by atoms with Gasteiger partial charge in [0.05, 0.1) is 11.5 Å². The van der Waals surface area contributed by atoms with Gasteiger partial charge < -0.3 is 15.1 Å². The van der Waals surface area contributed by atoms with Crippen LogP contribution < -0.4 is 10.2 Å². The third kappa shape index (κ3) is 5.67. The molecule has 174 valence electrons. The minimum atomic E-state index is -0.352. The van der Waals surface area contributed by atoms with E-state index >= 15 is 0 Å². The summed E-state index contributed by atoms with van der Waals surface area (Å²) in [6.07, 6.45) is 1.33. The van der Waals surface area contributed by atoms with Crippen LogP contribution in [0.2, 0.25) is 0 Å². The van der Waals surface area contributed by atoms with E-state index in [0.717, 1.165) is 5.69 Å². The van der Waals surface area contributed by atoms with Crippen molar-refractivity contribution in [2.75, 3.05) is 56.0 Å². The van der Waals surface area contributed by atoms with Crippen LogP contribution in [0.25, 0.3) is 0 Å². The lowest BCUT2D eigenvalue weighted by Gasteiger charge is -2.37. The van der Waals surface area contributed by atoms with Crippen LogP contribution in [0.1, 0.15) is 12.8 Å². The van der Waals surface area contributed by atoms with Crippen LogP contribution in [0, 0.1) is 16.0 Å². The highest BCUT2D eigenvalue weighted by Gasteiger charge is 2.29. The maximum absolute atomic E-state index is 12.8. The summed E-state index contributed by atoms with van der Waals surface area (Å²) in [5.74, 6) is 0.00921. The van der Waals surface area contributed by atoms with E-state index < -0.39 is 0 Å². The Labute approximate surface area is 193 Å². The van der Waals surface area contributed by atoms with Crippen molar-refractivity contribution in [2.45, 2.75) is 12.8 Å². The Bertz CT molecular complexity index is 983. The highest BCUT2D eigenvalue weighted by atomic mass is 16.6. The third-order valence-corrected chi connectivity index (χ3v) is 6.41. The molecule has 0 aliphatic carbocycles. The molecule has 9 heteroatoms. The highest BCUT2D eigenvalue weighted by molar-refractivity contribution is 5.92. The molecular weight excluding hydrogens is 422 g/mol. The van der Waals surface area contributed by atoms with Crippen LogP contribution >= 0.6 is 0 Å². The maximum atomic E-state index is 12.8. The van der Waals surface area contributed by atoms with Gasteiger partial charge in [0.1, 0.15) is 5.69 Å². The summed E-state index contributed by atoms with van der Waals surface area (Å²) in [7, 11) is 0. The molecule has 0 bridgehead atoms. The van der Waals surface area contributed by atoms with Gasteiger partial charge in [0.25, 0.3) is 5.69 Å². The lowest BCUT2D eigenvalue weighted by Crippen LogP contribution is -2.51. The van der Waals surface area contributed by atoms with Gasteiger partial charge in [0.2, 0.25) is 11.8 Å². The predicted octanol–water partition coefficient (Wildman–Crippen LogP) is 2.59. The second-order valence-corrected chi connectivity index (χ2v) is 8.52. The molecular formula is C24H29N5O4. The molecule has 33 heavy (non-hydrogen) atoms. The second-order valence-electron chi connectivity index (χ2n) is 8.52. The average Bonchev–Trinajstić information content (AvgIpc) is 2.85. The Kier molecular flexibility index (Phi) is 7.19. The van der Waals surface area contributed by atoms with E-state index in [9.17, 15) is 19.7 Å². The van der Waals surface area contributed by atoms with E-state index in [-0.39, 0.29) is 28.3 Å². The highest BCUT2D eigenvalue weighted by Crippen LogP contribution is 2.28. The second kappa shape index (κ2) is 10.4. The van der Waals surface area contributed by atoms with Gasteiger partial charge in [-0.2, -0.15) is 0 Å². The smallest absolute Gasteiger partial charge is 0.292 e. The molecule has 0 aromatic heterocycles. The number of nitro groups is 1. The van der Waals surface area contributed by atoms with Gasteiger partial charge in [-0.05, 0) is 31.0 Å². The Hall–Kier alpha value is -3.46. The number of anilines is 2. The first-order chi connectivity index (χ1) is 16.0. The molecule has 2 aromatic carbocycles. The van der Waals surface area contributed by atoms with Crippen molar-refractivity contribution >= 4 is 28.9 Å². The molecule has 2 fully saturated rings. The monoisotopic (exact) mass is 451 g/mol. The lowest BCUT2D eigenvalue weighted by molar-refractivity contribution is -0.384. The number of rotatable bonds is 6. The number of amides is 2. The number of hydrogen-bond donors (Lipinski definition) is 1. The first-order valence-electron chi connectivity index (χ1n) is 11.4.